The topological polar surface area (TPSA) is 135 Å². The van der Waals surface area contributed by atoms with Gasteiger partial charge in [0.05, 0.1) is 38.4 Å². The van der Waals surface area contributed by atoms with Crippen LogP contribution >= 0.6 is 11.3 Å². The summed E-state index contributed by atoms with van der Waals surface area (Å²) in [6.45, 7) is 3.70. The van der Waals surface area contributed by atoms with E-state index in [1.807, 2.05) is 37.3 Å². The zero-order valence-corrected chi connectivity index (χ0v) is 19.6. The molecule has 1 aromatic carbocycles. The fraction of sp³-hybridized carbons (Fsp3) is 0.250. The fourth-order valence-electron chi connectivity index (χ4n) is 4.16. The molecule has 4 heterocycles. The van der Waals surface area contributed by atoms with Gasteiger partial charge in [-0.05, 0) is 50.1 Å². The van der Waals surface area contributed by atoms with Gasteiger partial charge < -0.3 is 27.0 Å². The highest BCUT2D eigenvalue weighted by Crippen LogP contribution is 2.28. The summed E-state index contributed by atoms with van der Waals surface area (Å²) < 4.78 is 1.11. The number of aromatic nitrogens is 3. The molecule has 1 fully saturated rings. The van der Waals surface area contributed by atoms with Crippen molar-refractivity contribution in [1.29, 1.82) is 0 Å². The average Bonchev–Trinajstić information content (AvgIpc) is 3.19. The number of amides is 1. The van der Waals surface area contributed by atoms with E-state index in [2.05, 4.69) is 36.6 Å². The molecule has 0 bridgehead atoms. The highest BCUT2D eigenvalue weighted by molar-refractivity contribution is 7.18. The van der Waals surface area contributed by atoms with Crippen LogP contribution in [0, 0.1) is 6.92 Å². The number of piperidine rings is 1. The maximum absolute atomic E-state index is 12.0. The number of hydrogen-bond acceptors (Lipinski definition) is 9. The Balaban J connectivity index is 1.30. The minimum absolute atomic E-state index is 0.204. The Morgan fingerprint density at radius 2 is 1.94 bits per heavy atom. The molecule has 4 aromatic rings. The second kappa shape index (κ2) is 9.14. The number of anilines is 5. The van der Waals surface area contributed by atoms with Crippen LogP contribution in [-0.4, -0.2) is 40.0 Å². The number of fused-ring (bicyclic) bond motifs is 1. The molecule has 1 amide bonds. The van der Waals surface area contributed by atoms with Crippen LogP contribution in [0.4, 0.5) is 28.7 Å². The summed E-state index contributed by atoms with van der Waals surface area (Å²) in [5.41, 5.74) is 15.0. The Bertz CT molecular complexity index is 1330. The molecule has 0 spiro atoms. The van der Waals surface area contributed by atoms with Gasteiger partial charge >= 0.3 is 0 Å². The van der Waals surface area contributed by atoms with E-state index in [1.165, 1.54) is 6.20 Å². The largest absolute Gasteiger partial charge is 0.397 e. The number of nitrogens with two attached hydrogens (primary N) is 2. The molecule has 34 heavy (non-hydrogen) atoms. The smallest absolute Gasteiger partial charge is 0.252 e. The summed E-state index contributed by atoms with van der Waals surface area (Å²) in [6.07, 6.45) is 5.00. The van der Waals surface area contributed by atoms with Crippen LogP contribution < -0.4 is 27.0 Å². The van der Waals surface area contributed by atoms with Gasteiger partial charge in [-0.3, -0.25) is 4.79 Å². The van der Waals surface area contributed by atoms with Gasteiger partial charge in [-0.1, -0.05) is 0 Å². The normalized spacial score (nSPS) is 14.3. The predicted octanol–water partition coefficient (Wildman–Crippen LogP) is 3.90. The number of hydrogen-bond donors (Lipinski definition) is 4. The number of primary amides is 1. The van der Waals surface area contributed by atoms with E-state index < -0.39 is 5.91 Å². The van der Waals surface area contributed by atoms with Gasteiger partial charge in [0.2, 0.25) is 0 Å². The molecule has 5 rings (SSSR count). The fourth-order valence-corrected chi connectivity index (χ4v) is 5.03. The maximum atomic E-state index is 12.0. The van der Waals surface area contributed by atoms with Gasteiger partial charge in [0, 0.05) is 37.1 Å². The number of nitrogen functional groups attached to an aromatic ring is 1. The number of nitrogens with one attached hydrogen (secondary N) is 2. The molecule has 0 radical (unpaired) electrons. The van der Waals surface area contributed by atoms with Crippen LogP contribution in [0.25, 0.3) is 10.2 Å². The highest BCUT2D eigenvalue weighted by atomic mass is 32.1. The predicted molar refractivity (Wildman–Crippen MR) is 138 cm³/mol. The standard InChI is InChI=1S/C24H26N8OS/c1-14-29-19-4-3-17(10-21(19)34-14)31-22-11-20(18(13-27-22)24(26)33)30-16-6-8-32(9-7-16)23-5-2-15(25)12-28-23/h2-5,10-13,16H,6-9,25H2,1H3,(H2,26,33)(H2,27,30,31). The molecule has 1 saturated heterocycles. The molecule has 6 N–H and O–H groups in total. The van der Waals surface area contributed by atoms with E-state index in [-0.39, 0.29) is 6.04 Å². The van der Waals surface area contributed by atoms with Crippen molar-refractivity contribution in [3.63, 3.8) is 0 Å². The van der Waals surface area contributed by atoms with Crippen molar-refractivity contribution >= 4 is 56.2 Å². The molecule has 0 aliphatic carbocycles. The van der Waals surface area contributed by atoms with Crippen LogP contribution in [-0.2, 0) is 0 Å². The summed E-state index contributed by atoms with van der Waals surface area (Å²) >= 11 is 1.65. The number of benzene rings is 1. The van der Waals surface area contributed by atoms with Crippen LogP contribution in [0.3, 0.4) is 0 Å². The number of carbonyl (C=O) groups is 1. The summed E-state index contributed by atoms with van der Waals surface area (Å²) in [4.78, 5) is 27.6. The summed E-state index contributed by atoms with van der Waals surface area (Å²) in [7, 11) is 0. The first-order valence-corrected chi connectivity index (χ1v) is 11.9. The molecule has 1 aliphatic rings. The molecule has 0 saturated carbocycles. The van der Waals surface area contributed by atoms with Gasteiger partial charge in [-0.15, -0.1) is 11.3 Å². The van der Waals surface area contributed by atoms with Gasteiger partial charge in [0.25, 0.3) is 5.91 Å². The number of pyridine rings is 2. The third-order valence-corrected chi connectivity index (χ3v) is 6.82. The lowest BCUT2D eigenvalue weighted by Gasteiger charge is -2.34. The number of carbonyl (C=O) groups excluding carboxylic acids is 1. The molecular weight excluding hydrogens is 448 g/mol. The number of aryl methyl sites for hydroxylation is 1. The Kier molecular flexibility index (Phi) is 5.89. The van der Waals surface area contributed by atoms with E-state index in [4.69, 9.17) is 11.5 Å². The minimum atomic E-state index is -0.508. The van der Waals surface area contributed by atoms with Gasteiger partial charge in [-0.25, -0.2) is 15.0 Å². The van der Waals surface area contributed by atoms with Crippen LogP contribution in [0.1, 0.15) is 28.2 Å². The average molecular weight is 475 g/mol. The molecule has 3 aromatic heterocycles. The SMILES string of the molecule is Cc1nc2ccc(Nc3cc(NC4CCN(c5ccc(N)cn5)CC4)c(C(N)=O)cn3)cc2s1. The van der Waals surface area contributed by atoms with E-state index in [9.17, 15) is 4.79 Å². The Morgan fingerprint density at radius 3 is 2.68 bits per heavy atom. The quantitative estimate of drug-likeness (QED) is 0.330. The molecular formula is C24H26N8OS. The van der Waals surface area contributed by atoms with Crippen molar-refractivity contribution in [2.24, 2.45) is 5.73 Å². The van der Waals surface area contributed by atoms with Gasteiger partial charge in [0.1, 0.15) is 11.6 Å². The second-order valence-electron chi connectivity index (χ2n) is 8.38. The molecule has 0 atom stereocenters. The molecule has 10 heteroatoms. The van der Waals surface area contributed by atoms with E-state index >= 15 is 0 Å². The van der Waals surface area contributed by atoms with Crippen LogP contribution in [0.5, 0.6) is 0 Å². The first-order chi connectivity index (χ1) is 16.4. The summed E-state index contributed by atoms with van der Waals surface area (Å²) in [5, 5.41) is 7.87. The number of nitrogens with zero attached hydrogens (tertiary/aromatic N) is 4. The summed E-state index contributed by atoms with van der Waals surface area (Å²) in [5.74, 6) is 1.05. The zero-order valence-electron chi connectivity index (χ0n) is 18.8. The zero-order chi connectivity index (χ0) is 23.7. The van der Waals surface area contributed by atoms with E-state index in [0.29, 0.717) is 22.8 Å². The molecule has 0 unspecified atom stereocenters. The molecule has 174 valence electrons. The Morgan fingerprint density at radius 1 is 1.12 bits per heavy atom. The molecule has 9 nitrogen and oxygen atoms in total. The van der Waals surface area contributed by atoms with E-state index in [0.717, 1.165) is 52.7 Å². The van der Waals surface area contributed by atoms with Crippen molar-refractivity contribution < 1.29 is 4.79 Å². The van der Waals surface area contributed by atoms with Crippen molar-refractivity contribution in [3.05, 3.63) is 59.4 Å². The van der Waals surface area contributed by atoms with Crippen molar-refractivity contribution in [2.45, 2.75) is 25.8 Å². The monoisotopic (exact) mass is 474 g/mol. The third-order valence-electron chi connectivity index (χ3n) is 5.89. The Hall–Kier alpha value is -3.92. The highest BCUT2D eigenvalue weighted by Gasteiger charge is 2.22. The van der Waals surface area contributed by atoms with Gasteiger partial charge in [-0.2, -0.15) is 0 Å². The first-order valence-electron chi connectivity index (χ1n) is 11.1. The first kappa shape index (κ1) is 21.9. The lowest BCUT2D eigenvalue weighted by Crippen LogP contribution is -2.39. The maximum Gasteiger partial charge on any atom is 0.252 e. The van der Waals surface area contributed by atoms with Crippen molar-refractivity contribution in [2.75, 3.05) is 34.4 Å². The lowest BCUT2D eigenvalue weighted by molar-refractivity contribution is 0.100. The van der Waals surface area contributed by atoms with Crippen LogP contribution in [0.15, 0.2) is 48.8 Å². The van der Waals surface area contributed by atoms with E-state index in [1.54, 1.807) is 17.5 Å². The Labute approximate surface area is 201 Å². The van der Waals surface area contributed by atoms with Crippen LogP contribution in [0.2, 0.25) is 0 Å². The second-order valence-corrected chi connectivity index (χ2v) is 9.61. The third kappa shape index (κ3) is 4.72. The molecule has 1 aliphatic heterocycles. The van der Waals surface area contributed by atoms with Gasteiger partial charge in [0.15, 0.2) is 0 Å². The summed E-state index contributed by atoms with van der Waals surface area (Å²) in [6, 6.07) is 11.9. The number of thiazole rings is 1. The van der Waals surface area contributed by atoms with Crippen molar-refractivity contribution in [1.82, 2.24) is 15.0 Å². The van der Waals surface area contributed by atoms with Crippen molar-refractivity contribution in [3.8, 4) is 0 Å². The lowest BCUT2D eigenvalue weighted by atomic mass is 10.0. The number of rotatable bonds is 6. The minimum Gasteiger partial charge on any atom is -0.397 e.